The van der Waals surface area contributed by atoms with Crippen molar-refractivity contribution in [1.29, 1.82) is 0 Å². The minimum Gasteiger partial charge on any atom is -0.508 e. The quantitative estimate of drug-likeness (QED) is 0.578. The molecule has 0 aromatic heterocycles. The lowest BCUT2D eigenvalue weighted by Gasteiger charge is -2.18. The lowest BCUT2D eigenvalue weighted by Crippen LogP contribution is -2.04. The van der Waals surface area contributed by atoms with Gasteiger partial charge in [0, 0.05) is 0 Å². The molecule has 0 amide bonds. The molecule has 1 aromatic rings. The predicted octanol–water partition coefficient (Wildman–Crippen LogP) is 2.44. The summed E-state index contributed by atoms with van der Waals surface area (Å²) in [5, 5.41) is 9.51. The molecular formula is C11H12O. The molecule has 0 spiro atoms. The number of phenols is 1. The highest BCUT2D eigenvalue weighted by Crippen LogP contribution is 2.29. The van der Waals surface area contributed by atoms with Crippen LogP contribution in [-0.2, 0) is 12.8 Å². The number of allylic oxidation sites excluding steroid dienone is 1. The minimum absolute atomic E-state index is 0.444. The normalized spacial score (nSPS) is 15.8. The first-order valence-electron chi connectivity index (χ1n) is 4.24. The molecule has 2 rings (SSSR count). The van der Waals surface area contributed by atoms with Gasteiger partial charge in [-0.2, -0.15) is 0 Å². The maximum Gasteiger partial charge on any atom is 0.119 e. The summed E-state index contributed by atoms with van der Waals surface area (Å²) in [6.07, 6.45) is 2.90. The van der Waals surface area contributed by atoms with Crippen LogP contribution in [0.3, 0.4) is 0 Å². The topological polar surface area (TPSA) is 20.2 Å². The maximum absolute atomic E-state index is 9.51. The number of hydrogen-bond donors (Lipinski definition) is 1. The van der Waals surface area contributed by atoms with E-state index in [1.807, 2.05) is 6.07 Å². The molecule has 1 N–H and O–H groups in total. The van der Waals surface area contributed by atoms with E-state index in [1.54, 1.807) is 6.07 Å². The number of hydrogen-bond acceptors (Lipinski definition) is 1. The number of phenolic OH excluding ortho intramolecular Hbond substituents is 1. The average molecular weight is 160 g/mol. The molecule has 1 aliphatic rings. The van der Waals surface area contributed by atoms with Gasteiger partial charge in [-0.1, -0.05) is 24.3 Å². The third kappa shape index (κ3) is 1.11. The van der Waals surface area contributed by atoms with E-state index in [0.29, 0.717) is 5.75 Å². The van der Waals surface area contributed by atoms with Crippen LogP contribution in [0.25, 0.3) is 0 Å². The summed E-state index contributed by atoms with van der Waals surface area (Å²) in [5.74, 6) is 0.444. The van der Waals surface area contributed by atoms with Crippen molar-refractivity contribution >= 4 is 0 Å². The first-order chi connectivity index (χ1) is 5.77. The molecule has 0 unspecified atom stereocenters. The second-order valence-corrected chi connectivity index (χ2v) is 3.34. The lowest BCUT2D eigenvalue weighted by molar-refractivity contribution is 0.465. The number of aromatic hydroxyl groups is 1. The molecule has 0 radical (unpaired) electrons. The van der Waals surface area contributed by atoms with E-state index in [9.17, 15) is 5.11 Å². The van der Waals surface area contributed by atoms with E-state index in [1.165, 1.54) is 11.1 Å². The van der Waals surface area contributed by atoms with Crippen LogP contribution in [0.4, 0.5) is 0 Å². The molecular weight excluding hydrogens is 148 g/mol. The predicted molar refractivity (Wildman–Crippen MR) is 49.3 cm³/mol. The Balaban J connectivity index is 2.48. The number of fused-ring (bicyclic) bond motifs is 1. The fourth-order valence-electron chi connectivity index (χ4n) is 1.73. The Hall–Kier alpha value is -1.24. The van der Waals surface area contributed by atoms with Gasteiger partial charge in [-0.25, -0.2) is 0 Å². The lowest BCUT2D eigenvalue weighted by atomic mass is 9.88. The smallest absolute Gasteiger partial charge is 0.119 e. The molecule has 1 aliphatic carbocycles. The van der Waals surface area contributed by atoms with Gasteiger partial charge in [0.2, 0.25) is 0 Å². The molecule has 0 heterocycles. The highest BCUT2D eigenvalue weighted by Gasteiger charge is 2.13. The summed E-state index contributed by atoms with van der Waals surface area (Å²) in [5.41, 5.74) is 3.63. The summed E-state index contributed by atoms with van der Waals surface area (Å²) in [6.45, 7) is 3.96. The van der Waals surface area contributed by atoms with Gasteiger partial charge in [0.25, 0.3) is 0 Å². The number of rotatable bonds is 0. The van der Waals surface area contributed by atoms with Gasteiger partial charge in [-0.3, -0.25) is 0 Å². The van der Waals surface area contributed by atoms with Crippen LogP contribution < -0.4 is 0 Å². The van der Waals surface area contributed by atoms with Gasteiger partial charge in [0.15, 0.2) is 0 Å². The summed E-state index contributed by atoms with van der Waals surface area (Å²) in [4.78, 5) is 0. The van der Waals surface area contributed by atoms with Crippen molar-refractivity contribution in [3.8, 4) is 5.75 Å². The Morgan fingerprint density at radius 3 is 2.92 bits per heavy atom. The zero-order chi connectivity index (χ0) is 8.55. The third-order valence-corrected chi connectivity index (χ3v) is 2.42. The molecule has 12 heavy (non-hydrogen) atoms. The van der Waals surface area contributed by atoms with E-state index in [0.717, 1.165) is 24.8 Å². The van der Waals surface area contributed by atoms with Crippen LogP contribution in [0, 0.1) is 0 Å². The van der Waals surface area contributed by atoms with E-state index in [4.69, 9.17) is 0 Å². The summed E-state index contributed by atoms with van der Waals surface area (Å²) in [7, 11) is 0. The highest BCUT2D eigenvalue weighted by atomic mass is 16.3. The van der Waals surface area contributed by atoms with Gasteiger partial charge in [0.05, 0.1) is 0 Å². The molecule has 1 aromatic carbocycles. The van der Waals surface area contributed by atoms with Crippen molar-refractivity contribution in [2.45, 2.75) is 19.3 Å². The van der Waals surface area contributed by atoms with Gasteiger partial charge >= 0.3 is 0 Å². The third-order valence-electron chi connectivity index (χ3n) is 2.42. The Kier molecular flexibility index (Phi) is 1.65. The summed E-state index contributed by atoms with van der Waals surface area (Å²) in [6, 6.07) is 5.72. The van der Waals surface area contributed by atoms with Crippen molar-refractivity contribution in [2.24, 2.45) is 0 Å². The highest BCUT2D eigenvalue weighted by molar-refractivity contribution is 5.43. The van der Waals surface area contributed by atoms with Gasteiger partial charge < -0.3 is 5.11 Å². The maximum atomic E-state index is 9.51. The molecule has 0 aliphatic heterocycles. The SMILES string of the molecule is C=C1CCc2c(O)cccc2C1. The van der Waals surface area contributed by atoms with Crippen molar-refractivity contribution < 1.29 is 5.11 Å². The first-order valence-corrected chi connectivity index (χ1v) is 4.24. The van der Waals surface area contributed by atoms with Gasteiger partial charge in [0.1, 0.15) is 5.75 Å². The second kappa shape index (κ2) is 2.67. The van der Waals surface area contributed by atoms with E-state index < -0.39 is 0 Å². The van der Waals surface area contributed by atoms with E-state index >= 15 is 0 Å². The Bertz CT molecular complexity index is 326. The van der Waals surface area contributed by atoms with Crippen molar-refractivity contribution in [2.75, 3.05) is 0 Å². The van der Waals surface area contributed by atoms with Gasteiger partial charge in [-0.05, 0) is 36.5 Å². The zero-order valence-electron chi connectivity index (χ0n) is 7.01. The molecule has 0 bridgehead atoms. The number of benzene rings is 1. The standard InChI is InChI=1S/C11H12O/c1-8-5-6-10-9(7-8)3-2-4-11(10)12/h2-4,12H,1,5-7H2. The van der Waals surface area contributed by atoms with Crippen LogP contribution in [-0.4, -0.2) is 5.11 Å². The molecule has 1 nitrogen and oxygen atoms in total. The zero-order valence-corrected chi connectivity index (χ0v) is 7.01. The summed E-state index contributed by atoms with van der Waals surface area (Å²) < 4.78 is 0. The van der Waals surface area contributed by atoms with Crippen LogP contribution in [0.5, 0.6) is 5.75 Å². The fourth-order valence-corrected chi connectivity index (χ4v) is 1.73. The average Bonchev–Trinajstić information content (AvgIpc) is 2.04. The minimum atomic E-state index is 0.444. The van der Waals surface area contributed by atoms with Gasteiger partial charge in [-0.15, -0.1) is 0 Å². The monoisotopic (exact) mass is 160 g/mol. The Morgan fingerprint density at radius 2 is 2.08 bits per heavy atom. The second-order valence-electron chi connectivity index (χ2n) is 3.34. The molecule has 1 heteroatoms. The van der Waals surface area contributed by atoms with E-state index in [2.05, 4.69) is 12.6 Å². The van der Waals surface area contributed by atoms with Crippen molar-refractivity contribution in [3.05, 3.63) is 41.5 Å². The van der Waals surface area contributed by atoms with Crippen LogP contribution in [0.2, 0.25) is 0 Å². The Labute approximate surface area is 72.4 Å². The molecule has 62 valence electrons. The van der Waals surface area contributed by atoms with Crippen LogP contribution in [0.1, 0.15) is 17.5 Å². The summed E-state index contributed by atoms with van der Waals surface area (Å²) >= 11 is 0. The molecule has 0 saturated heterocycles. The largest absolute Gasteiger partial charge is 0.508 e. The molecule has 0 fully saturated rings. The van der Waals surface area contributed by atoms with Crippen LogP contribution >= 0.6 is 0 Å². The fraction of sp³-hybridized carbons (Fsp3) is 0.273. The van der Waals surface area contributed by atoms with Crippen LogP contribution in [0.15, 0.2) is 30.4 Å². The molecule has 0 atom stereocenters. The van der Waals surface area contributed by atoms with Crippen molar-refractivity contribution in [1.82, 2.24) is 0 Å². The molecule has 0 saturated carbocycles. The van der Waals surface area contributed by atoms with E-state index in [-0.39, 0.29) is 0 Å². The van der Waals surface area contributed by atoms with Crippen molar-refractivity contribution in [3.63, 3.8) is 0 Å². The Morgan fingerprint density at radius 1 is 1.25 bits per heavy atom. The first kappa shape index (κ1) is 7.41.